The molecule has 0 aliphatic rings. The lowest BCUT2D eigenvalue weighted by molar-refractivity contribution is 0.628. The normalized spacial score (nSPS) is 13.2. The number of thiocarbonyl (C=S) groups is 1. The van der Waals surface area contributed by atoms with Gasteiger partial charge in [-0.3, -0.25) is 0 Å². The molecular formula is C20H24Cl2N2S. The standard InChI is InChI=1S/C20H24Cl2N2S/c1-4-13(3)14-9-11-15(12-10-14)17(5-2)23-20(25)24-18-8-6-7-16(21)19(18)22/h6-13,17H,4-5H2,1-3H3,(H2,23,24,25). The lowest BCUT2D eigenvalue weighted by atomic mass is 9.95. The Labute approximate surface area is 165 Å². The molecule has 0 bridgehead atoms. The zero-order valence-corrected chi connectivity index (χ0v) is 17.1. The number of hydrogen-bond acceptors (Lipinski definition) is 1. The minimum Gasteiger partial charge on any atom is -0.356 e. The van der Waals surface area contributed by atoms with Crippen LogP contribution in [0.25, 0.3) is 0 Å². The monoisotopic (exact) mass is 394 g/mol. The van der Waals surface area contributed by atoms with Crippen LogP contribution in [-0.4, -0.2) is 5.11 Å². The van der Waals surface area contributed by atoms with E-state index in [-0.39, 0.29) is 6.04 Å². The average molecular weight is 395 g/mol. The Kier molecular flexibility index (Phi) is 7.55. The minimum atomic E-state index is 0.143. The maximum absolute atomic E-state index is 6.20. The largest absolute Gasteiger partial charge is 0.356 e. The molecule has 134 valence electrons. The third-order valence-corrected chi connectivity index (χ3v) is 5.47. The van der Waals surface area contributed by atoms with Gasteiger partial charge in [-0.2, -0.15) is 0 Å². The number of anilines is 1. The molecule has 0 saturated carbocycles. The lowest BCUT2D eigenvalue weighted by Crippen LogP contribution is -2.32. The van der Waals surface area contributed by atoms with Gasteiger partial charge in [0.1, 0.15) is 0 Å². The van der Waals surface area contributed by atoms with Gasteiger partial charge in [-0.15, -0.1) is 0 Å². The predicted molar refractivity (Wildman–Crippen MR) is 114 cm³/mol. The summed E-state index contributed by atoms with van der Waals surface area (Å²) in [6.07, 6.45) is 2.07. The first-order chi connectivity index (χ1) is 12.0. The van der Waals surface area contributed by atoms with Crippen molar-refractivity contribution in [1.29, 1.82) is 0 Å². The molecule has 2 atom stereocenters. The molecule has 0 radical (unpaired) electrons. The quantitative estimate of drug-likeness (QED) is 0.518. The second-order valence-corrected chi connectivity index (χ2v) is 7.33. The van der Waals surface area contributed by atoms with Crippen LogP contribution in [0.2, 0.25) is 10.0 Å². The van der Waals surface area contributed by atoms with E-state index in [0.29, 0.717) is 26.8 Å². The van der Waals surface area contributed by atoms with Crippen molar-refractivity contribution in [2.75, 3.05) is 5.32 Å². The first-order valence-electron chi connectivity index (χ1n) is 8.57. The highest BCUT2D eigenvalue weighted by atomic mass is 35.5. The summed E-state index contributed by atoms with van der Waals surface area (Å²) < 4.78 is 0. The summed E-state index contributed by atoms with van der Waals surface area (Å²) in [5.41, 5.74) is 3.29. The van der Waals surface area contributed by atoms with E-state index in [2.05, 4.69) is 55.7 Å². The van der Waals surface area contributed by atoms with Crippen LogP contribution in [-0.2, 0) is 0 Å². The van der Waals surface area contributed by atoms with E-state index in [9.17, 15) is 0 Å². The molecule has 2 aromatic rings. The maximum atomic E-state index is 6.20. The molecule has 0 aliphatic heterocycles. The molecule has 0 aliphatic carbocycles. The summed E-state index contributed by atoms with van der Waals surface area (Å²) in [5.74, 6) is 0.579. The summed E-state index contributed by atoms with van der Waals surface area (Å²) in [6, 6.07) is 14.3. The van der Waals surface area contributed by atoms with Gasteiger partial charge in [0.25, 0.3) is 0 Å². The van der Waals surface area contributed by atoms with Crippen molar-refractivity contribution in [3.63, 3.8) is 0 Å². The first kappa shape index (κ1) is 20.0. The van der Waals surface area contributed by atoms with E-state index < -0.39 is 0 Å². The summed E-state index contributed by atoms with van der Waals surface area (Å²) in [6.45, 7) is 6.59. The van der Waals surface area contributed by atoms with Gasteiger partial charge < -0.3 is 10.6 Å². The number of benzene rings is 2. The van der Waals surface area contributed by atoms with Crippen LogP contribution in [0.4, 0.5) is 5.69 Å². The number of rotatable bonds is 6. The predicted octanol–water partition coefficient (Wildman–Crippen LogP) is 6.94. The Bertz CT molecular complexity index is 716. The number of hydrogen-bond donors (Lipinski definition) is 2. The molecule has 0 amide bonds. The maximum Gasteiger partial charge on any atom is 0.171 e. The lowest BCUT2D eigenvalue weighted by Gasteiger charge is -2.21. The van der Waals surface area contributed by atoms with Crippen LogP contribution in [0.15, 0.2) is 42.5 Å². The van der Waals surface area contributed by atoms with E-state index in [4.69, 9.17) is 35.4 Å². The van der Waals surface area contributed by atoms with E-state index in [1.54, 1.807) is 6.07 Å². The molecule has 0 spiro atoms. The van der Waals surface area contributed by atoms with Crippen molar-refractivity contribution >= 4 is 46.2 Å². The fraction of sp³-hybridized carbons (Fsp3) is 0.350. The Morgan fingerprint density at radius 1 is 1.00 bits per heavy atom. The van der Waals surface area contributed by atoms with Gasteiger partial charge in [-0.25, -0.2) is 0 Å². The fourth-order valence-corrected chi connectivity index (χ4v) is 3.23. The molecule has 2 rings (SSSR count). The SMILES string of the molecule is CCC(C)c1ccc(C(CC)NC(=S)Nc2cccc(Cl)c2Cl)cc1. The summed E-state index contributed by atoms with van der Waals surface area (Å²) in [5, 5.41) is 7.99. The van der Waals surface area contributed by atoms with Gasteiger partial charge in [0.05, 0.1) is 21.8 Å². The molecule has 2 unspecified atom stereocenters. The van der Waals surface area contributed by atoms with E-state index in [1.165, 1.54) is 11.1 Å². The summed E-state index contributed by atoms with van der Waals surface area (Å²) in [4.78, 5) is 0. The van der Waals surface area contributed by atoms with Gasteiger partial charge in [0, 0.05) is 0 Å². The van der Waals surface area contributed by atoms with Crippen LogP contribution >= 0.6 is 35.4 Å². The highest BCUT2D eigenvalue weighted by Crippen LogP contribution is 2.29. The Hall–Kier alpha value is -1.29. The molecule has 25 heavy (non-hydrogen) atoms. The molecule has 2 N–H and O–H groups in total. The van der Waals surface area contributed by atoms with Crippen molar-refractivity contribution in [3.05, 3.63) is 63.6 Å². The fourth-order valence-electron chi connectivity index (χ4n) is 2.63. The molecular weight excluding hydrogens is 371 g/mol. The number of nitrogens with one attached hydrogen (secondary N) is 2. The third-order valence-electron chi connectivity index (χ3n) is 4.43. The highest BCUT2D eigenvalue weighted by molar-refractivity contribution is 7.80. The van der Waals surface area contributed by atoms with Gasteiger partial charge in [-0.1, -0.05) is 74.3 Å². The van der Waals surface area contributed by atoms with Gasteiger partial charge in [-0.05, 0) is 54.2 Å². The Morgan fingerprint density at radius 2 is 1.64 bits per heavy atom. The van der Waals surface area contributed by atoms with Crippen LogP contribution in [0.5, 0.6) is 0 Å². The Morgan fingerprint density at radius 3 is 2.24 bits per heavy atom. The van der Waals surface area contributed by atoms with Crippen molar-refractivity contribution in [3.8, 4) is 0 Å². The topological polar surface area (TPSA) is 24.1 Å². The van der Waals surface area contributed by atoms with Crippen molar-refractivity contribution < 1.29 is 0 Å². The molecule has 0 heterocycles. The van der Waals surface area contributed by atoms with E-state index in [0.717, 1.165) is 12.8 Å². The Balaban J connectivity index is 2.06. The van der Waals surface area contributed by atoms with Gasteiger partial charge in [0.15, 0.2) is 5.11 Å². The van der Waals surface area contributed by atoms with Crippen molar-refractivity contribution in [2.24, 2.45) is 0 Å². The minimum absolute atomic E-state index is 0.143. The molecule has 2 nitrogen and oxygen atoms in total. The van der Waals surface area contributed by atoms with Crippen molar-refractivity contribution in [1.82, 2.24) is 5.32 Å². The third kappa shape index (κ3) is 5.34. The van der Waals surface area contributed by atoms with Crippen LogP contribution < -0.4 is 10.6 Å². The van der Waals surface area contributed by atoms with E-state index >= 15 is 0 Å². The second-order valence-electron chi connectivity index (χ2n) is 6.14. The molecule has 2 aromatic carbocycles. The zero-order chi connectivity index (χ0) is 18.4. The zero-order valence-electron chi connectivity index (χ0n) is 14.8. The summed E-state index contributed by atoms with van der Waals surface area (Å²) in [7, 11) is 0. The number of halogens is 2. The van der Waals surface area contributed by atoms with Crippen molar-refractivity contribution in [2.45, 2.75) is 45.6 Å². The van der Waals surface area contributed by atoms with Gasteiger partial charge >= 0.3 is 0 Å². The van der Waals surface area contributed by atoms with Crippen LogP contribution in [0.3, 0.4) is 0 Å². The van der Waals surface area contributed by atoms with Crippen LogP contribution in [0, 0.1) is 0 Å². The highest BCUT2D eigenvalue weighted by Gasteiger charge is 2.13. The summed E-state index contributed by atoms with van der Waals surface area (Å²) >= 11 is 17.7. The average Bonchev–Trinajstić information content (AvgIpc) is 2.63. The van der Waals surface area contributed by atoms with Crippen LogP contribution in [0.1, 0.15) is 56.7 Å². The molecule has 0 saturated heterocycles. The smallest absolute Gasteiger partial charge is 0.171 e. The van der Waals surface area contributed by atoms with Gasteiger partial charge in [0.2, 0.25) is 0 Å². The molecule has 5 heteroatoms. The first-order valence-corrected chi connectivity index (χ1v) is 9.74. The second kappa shape index (κ2) is 9.42. The molecule has 0 fully saturated rings. The van der Waals surface area contributed by atoms with E-state index in [1.807, 2.05) is 12.1 Å². The molecule has 0 aromatic heterocycles.